The van der Waals surface area contributed by atoms with Crippen molar-refractivity contribution in [3.05, 3.63) is 107 Å². The molecule has 0 aliphatic heterocycles. The largest absolute Gasteiger partial charge is 0.389 e. The van der Waals surface area contributed by atoms with Crippen LogP contribution in [0.5, 0.6) is 0 Å². The van der Waals surface area contributed by atoms with E-state index in [2.05, 4.69) is 93.6 Å². The molecule has 1 aromatic heterocycles. The molecule has 0 spiro atoms. The molecule has 3 aromatic carbocycles. The van der Waals surface area contributed by atoms with Crippen LogP contribution in [0.3, 0.4) is 0 Å². The molecule has 6 nitrogen and oxygen atoms in total. The van der Waals surface area contributed by atoms with Crippen molar-refractivity contribution in [1.82, 2.24) is 15.0 Å². The summed E-state index contributed by atoms with van der Waals surface area (Å²) >= 11 is 4.94. The van der Waals surface area contributed by atoms with Gasteiger partial charge in [-0.3, -0.25) is 0 Å². The standard InChI is InChI=1S/C48H69N3O3S3/c1-10-13-16-34-19-25-37(26-20-34)55-40(46(4,5)52)31-43-49-44(32-41(47(6,7)53)56-38-27-21-35(22-28-38)17-14-11-2)51-45(50-43)33-42(48(8,9)54)57-39-29-23-36(24-30-39)18-15-12-3/h19-30,40-42,52-54H,10-18,31-33H2,1-9H3. The fourth-order valence-corrected chi connectivity index (χ4v) is 9.87. The Hall–Kier alpha value is -2.40. The van der Waals surface area contributed by atoms with Crippen molar-refractivity contribution >= 4 is 35.3 Å². The third-order valence-electron chi connectivity index (χ3n) is 10.3. The minimum Gasteiger partial charge on any atom is -0.389 e. The minimum atomic E-state index is -1.03. The number of aromatic nitrogens is 3. The molecule has 0 bridgehead atoms. The summed E-state index contributed by atoms with van der Waals surface area (Å²) in [6.45, 7) is 17.8. The van der Waals surface area contributed by atoms with Crippen LogP contribution in [0.4, 0.5) is 0 Å². The van der Waals surface area contributed by atoms with E-state index in [4.69, 9.17) is 15.0 Å². The van der Waals surface area contributed by atoms with Gasteiger partial charge in [0.25, 0.3) is 0 Å². The fraction of sp³-hybridized carbons (Fsp3) is 0.562. The zero-order chi connectivity index (χ0) is 41.6. The molecule has 1 heterocycles. The smallest absolute Gasteiger partial charge is 0.133 e. The van der Waals surface area contributed by atoms with Gasteiger partial charge in [-0.05, 0) is 133 Å². The Kier molecular flexibility index (Phi) is 18.5. The molecule has 9 heteroatoms. The monoisotopic (exact) mass is 831 g/mol. The highest BCUT2D eigenvalue weighted by Gasteiger charge is 2.34. The van der Waals surface area contributed by atoms with Crippen LogP contribution in [0.25, 0.3) is 0 Å². The SMILES string of the molecule is CCCCc1ccc(SC(Cc2nc(CC(Sc3ccc(CCCC)cc3)C(C)(C)O)nc(CC(Sc3ccc(CCCC)cc3)C(C)(C)O)n2)C(C)(C)O)cc1. The van der Waals surface area contributed by atoms with Crippen LogP contribution < -0.4 is 0 Å². The van der Waals surface area contributed by atoms with E-state index in [-0.39, 0.29) is 15.7 Å². The highest BCUT2D eigenvalue weighted by atomic mass is 32.2. The molecular formula is C48H69N3O3S3. The van der Waals surface area contributed by atoms with Crippen molar-refractivity contribution in [2.45, 2.75) is 187 Å². The van der Waals surface area contributed by atoms with E-state index in [9.17, 15) is 15.3 Å². The van der Waals surface area contributed by atoms with Gasteiger partial charge in [-0.25, -0.2) is 15.0 Å². The number of nitrogens with zero attached hydrogens (tertiary/aromatic N) is 3. The Morgan fingerprint density at radius 1 is 0.421 bits per heavy atom. The first kappa shape index (κ1) is 47.3. The average Bonchev–Trinajstić information content (AvgIpc) is 3.15. The molecule has 4 rings (SSSR count). The van der Waals surface area contributed by atoms with E-state index in [1.54, 1.807) is 35.3 Å². The van der Waals surface area contributed by atoms with Gasteiger partial charge < -0.3 is 15.3 Å². The van der Waals surface area contributed by atoms with Crippen molar-refractivity contribution in [2.24, 2.45) is 0 Å². The maximum atomic E-state index is 11.5. The van der Waals surface area contributed by atoms with Crippen molar-refractivity contribution < 1.29 is 15.3 Å². The Bertz CT molecular complexity index is 1540. The molecule has 4 aromatic rings. The lowest BCUT2D eigenvalue weighted by Crippen LogP contribution is -2.38. The summed E-state index contributed by atoms with van der Waals surface area (Å²) in [5, 5.41) is 33.8. The zero-order valence-electron chi connectivity index (χ0n) is 36.1. The normalized spacial score (nSPS) is 14.1. The first-order chi connectivity index (χ1) is 27.0. The summed E-state index contributed by atoms with van der Waals surface area (Å²) < 4.78 is 0. The van der Waals surface area contributed by atoms with Gasteiger partial charge in [0.2, 0.25) is 0 Å². The van der Waals surface area contributed by atoms with Crippen molar-refractivity contribution in [1.29, 1.82) is 0 Å². The second-order valence-corrected chi connectivity index (χ2v) is 21.0. The molecule has 0 saturated carbocycles. The van der Waals surface area contributed by atoms with Crippen LogP contribution >= 0.6 is 35.3 Å². The van der Waals surface area contributed by atoms with E-state index in [1.807, 2.05) is 41.5 Å². The molecule has 0 saturated heterocycles. The van der Waals surface area contributed by atoms with Gasteiger partial charge in [0.05, 0.1) is 16.8 Å². The van der Waals surface area contributed by atoms with Crippen molar-refractivity contribution in [3.63, 3.8) is 0 Å². The molecule has 0 amide bonds. The van der Waals surface area contributed by atoms with Crippen LogP contribution in [0.15, 0.2) is 87.5 Å². The number of thioether (sulfide) groups is 3. The average molecular weight is 832 g/mol. The van der Waals surface area contributed by atoms with E-state index in [0.29, 0.717) is 36.7 Å². The second-order valence-electron chi connectivity index (χ2n) is 17.2. The van der Waals surface area contributed by atoms with E-state index >= 15 is 0 Å². The fourth-order valence-electron chi connectivity index (χ4n) is 6.44. The summed E-state index contributed by atoms with van der Waals surface area (Å²) in [6.07, 6.45) is 11.5. The van der Waals surface area contributed by atoms with Crippen LogP contribution in [0.2, 0.25) is 0 Å². The van der Waals surface area contributed by atoms with Gasteiger partial charge in [-0.1, -0.05) is 76.4 Å². The van der Waals surface area contributed by atoms with Gasteiger partial charge >= 0.3 is 0 Å². The second kappa shape index (κ2) is 22.3. The molecule has 57 heavy (non-hydrogen) atoms. The lowest BCUT2D eigenvalue weighted by atomic mass is 10.0. The maximum absolute atomic E-state index is 11.5. The number of hydrogen-bond donors (Lipinski definition) is 3. The predicted molar refractivity (Wildman–Crippen MR) is 244 cm³/mol. The Balaban J connectivity index is 1.68. The lowest BCUT2D eigenvalue weighted by molar-refractivity contribution is 0.0765. The molecule has 0 aliphatic carbocycles. The lowest BCUT2D eigenvalue weighted by Gasteiger charge is -2.30. The van der Waals surface area contributed by atoms with Crippen LogP contribution in [0.1, 0.15) is 135 Å². The van der Waals surface area contributed by atoms with Crippen molar-refractivity contribution in [3.8, 4) is 0 Å². The molecule has 312 valence electrons. The molecule has 0 aliphatic rings. The van der Waals surface area contributed by atoms with Gasteiger partial charge in [-0.15, -0.1) is 35.3 Å². The number of rotatable bonds is 24. The third kappa shape index (κ3) is 16.3. The van der Waals surface area contributed by atoms with Crippen LogP contribution in [-0.4, -0.2) is 62.8 Å². The topological polar surface area (TPSA) is 99.4 Å². The number of aliphatic hydroxyl groups is 3. The number of unbranched alkanes of at least 4 members (excludes halogenated alkanes) is 3. The third-order valence-corrected chi connectivity index (χ3v) is 15.0. The number of benzene rings is 3. The summed E-state index contributed by atoms with van der Waals surface area (Å²) in [5.74, 6) is 1.82. The van der Waals surface area contributed by atoms with Gasteiger partial charge in [-0.2, -0.15) is 0 Å². The number of hydrogen-bond acceptors (Lipinski definition) is 9. The molecule has 0 fully saturated rings. The Morgan fingerprint density at radius 3 is 0.842 bits per heavy atom. The predicted octanol–water partition coefficient (Wildman–Crippen LogP) is 11.3. The molecule has 3 atom stereocenters. The summed E-state index contributed by atoms with van der Waals surface area (Å²) in [7, 11) is 0. The quantitative estimate of drug-likeness (QED) is 0.0596. The van der Waals surface area contributed by atoms with E-state index in [0.717, 1.165) is 53.2 Å². The first-order valence-corrected chi connectivity index (χ1v) is 23.8. The Morgan fingerprint density at radius 2 is 0.649 bits per heavy atom. The summed E-state index contributed by atoms with van der Waals surface area (Å²) in [6, 6.07) is 26.1. The first-order valence-electron chi connectivity index (χ1n) is 21.1. The van der Waals surface area contributed by atoms with Gasteiger partial charge in [0.1, 0.15) is 17.5 Å². The molecule has 3 N–H and O–H groups in total. The zero-order valence-corrected chi connectivity index (χ0v) is 38.5. The molecular weight excluding hydrogens is 763 g/mol. The van der Waals surface area contributed by atoms with Gasteiger partial charge in [0, 0.05) is 49.7 Å². The molecule has 3 unspecified atom stereocenters. The highest BCUT2D eigenvalue weighted by molar-refractivity contribution is 8.00. The summed E-state index contributed by atoms with van der Waals surface area (Å²) in [5.41, 5.74) is 0.898. The van der Waals surface area contributed by atoms with Gasteiger partial charge in [0.15, 0.2) is 0 Å². The maximum Gasteiger partial charge on any atom is 0.133 e. The van der Waals surface area contributed by atoms with Crippen LogP contribution in [-0.2, 0) is 38.5 Å². The summed E-state index contributed by atoms with van der Waals surface area (Å²) in [4.78, 5) is 18.5. The van der Waals surface area contributed by atoms with E-state index < -0.39 is 16.8 Å². The van der Waals surface area contributed by atoms with E-state index in [1.165, 1.54) is 36.0 Å². The highest BCUT2D eigenvalue weighted by Crippen LogP contribution is 2.36. The van der Waals surface area contributed by atoms with Crippen molar-refractivity contribution in [2.75, 3.05) is 0 Å². The molecule has 0 radical (unpaired) electrons. The minimum absolute atomic E-state index is 0.238. The van der Waals surface area contributed by atoms with Crippen LogP contribution in [0, 0.1) is 0 Å². The Labute approximate surface area is 357 Å². The number of aryl methyl sites for hydroxylation is 3.